The van der Waals surface area contributed by atoms with Crippen molar-refractivity contribution < 1.29 is 23.0 Å². The first-order valence-electron chi connectivity index (χ1n) is 7.55. The SMILES string of the molecule is O=C1C=C(c2ccccc2)OC(COCc2ccccc2)C1(F)F. The summed E-state index contributed by atoms with van der Waals surface area (Å²) in [5.41, 5.74) is 1.44. The first-order valence-corrected chi connectivity index (χ1v) is 7.55. The molecule has 0 spiro atoms. The molecule has 0 fully saturated rings. The average molecular weight is 330 g/mol. The summed E-state index contributed by atoms with van der Waals surface area (Å²) >= 11 is 0. The van der Waals surface area contributed by atoms with Crippen LogP contribution < -0.4 is 0 Å². The summed E-state index contributed by atoms with van der Waals surface area (Å²) in [5, 5.41) is 0. The van der Waals surface area contributed by atoms with E-state index in [0.29, 0.717) is 5.56 Å². The normalized spacial score (nSPS) is 19.5. The number of carbonyl (C=O) groups is 1. The fourth-order valence-corrected chi connectivity index (χ4v) is 2.39. The number of hydrogen-bond acceptors (Lipinski definition) is 3. The van der Waals surface area contributed by atoms with Gasteiger partial charge in [0.25, 0.3) is 0 Å². The maximum absolute atomic E-state index is 14.1. The van der Waals surface area contributed by atoms with Crippen LogP contribution >= 0.6 is 0 Å². The fourth-order valence-electron chi connectivity index (χ4n) is 2.39. The number of ether oxygens (including phenoxy) is 2. The lowest BCUT2D eigenvalue weighted by atomic mass is 10.0. The molecule has 0 saturated carbocycles. The molecule has 0 bridgehead atoms. The monoisotopic (exact) mass is 330 g/mol. The molecule has 2 aromatic rings. The van der Waals surface area contributed by atoms with E-state index in [0.717, 1.165) is 11.6 Å². The van der Waals surface area contributed by atoms with Crippen molar-refractivity contribution in [3.05, 3.63) is 77.9 Å². The molecule has 0 aromatic heterocycles. The lowest BCUT2D eigenvalue weighted by Gasteiger charge is -2.30. The molecule has 0 radical (unpaired) electrons. The van der Waals surface area contributed by atoms with E-state index in [1.54, 1.807) is 30.3 Å². The highest BCUT2D eigenvalue weighted by atomic mass is 19.3. The van der Waals surface area contributed by atoms with Gasteiger partial charge in [-0.3, -0.25) is 4.79 Å². The van der Waals surface area contributed by atoms with Gasteiger partial charge in [-0.25, -0.2) is 0 Å². The van der Waals surface area contributed by atoms with Gasteiger partial charge in [-0.15, -0.1) is 0 Å². The Labute approximate surface area is 138 Å². The van der Waals surface area contributed by atoms with Crippen LogP contribution in [0.5, 0.6) is 0 Å². The second-order valence-electron chi connectivity index (χ2n) is 5.47. The van der Waals surface area contributed by atoms with Crippen LogP contribution in [0.4, 0.5) is 8.78 Å². The molecule has 0 amide bonds. The maximum Gasteiger partial charge on any atom is 0.347 e. The zero-order valence-electron chi connectivity index (χ0n) is 12.8. The van der Waals surface area contributed by atoms with E-state index < -0.39 is 17.8 Å². The number of alkyl halides is 2. The average Bonchev–Trinajstić information content (AvgIpc) is 2.60. The molecular formula is C19H16F2O3. The standard InChI is InChI=1S/C19H16F2O3/c20-19(21)17(22)11-16(15-9-5-2-6-10-15)24-18(19)13-23-12-14-7-3-1-4-8-14/h1-11,18H,12-13H2. The molecule has 5 heteroatoms. The van der Waals surface area contributed by atoms with Crippen molar-refractivity contribution in [3.63, 3.8) is 0 Å². The third-order valence-electron chi connectivity index (χ3n) is 3.70. The quantitative estimate of drug-likeness (QED) is 0.835. The summed E-state index contributed by atoms with van der Waals surface area (Å²) in [7, 11) is 0. The van der Waals surface area contributed by atoms with Crippen LogP contribution in [0.3, 0.4) is 0 Å². The molecule has 0 saturated heterocycles. The highest BCUT2D eigenvalue weighted by molar-refractivity contribution is 6.02. The highest BCUT2D eigenvalue weighted by Crippen LogP contribution is 2.33. The van der Waals surface area contributed by atoms with Crippen LogP contribution in [0.25, 0.3) is 5.76 Å². The first kappa shape index (κ1) is 16.3. The van der Waals surface area contributed by atoms with Gasteiger partial charge in [0.05, 0.1) is 13.2 Å². The number of allylic oxidation sites excluding steroid dienone is 1. The summed E-state index contributed by atoms with van der Waals surface area (Å²) in [6, 6.07) is 17.9. The van der Waals surface area contributed by atoms with Crippen LogP contribution in [-0.4, -0.2) is 24.4 Å². The Balaban J connectivity index is 1.70. The number of benzene rings is 2. The molecule has 1 heterocycles. The van der Waals surface area contributed by atoms with Crippen molar-refractivity contribution >= 4 is 11.5 Å². The van der Waals surface area contributed by atoms with E-state index in [2.05, 4.69) is 0 Å². The lowest BCUT2D eigenvalue weighted by Crippen LogP contribution is -2.47. The van der Waals surface area contributed by atoms with E-state index in [4.69, 9.17) is 9.47 Å². The van der Waals surface area contributed by atoms with Gasteiger partial charge in [0.2, 0.25) is 5.78 Å². The second-order valence-corrected chi connectivity index (χ2v) is 5.47. The van der Waals surface area contributed by atoms with Gasteiger partial charge in [-0.2, -0.15) is 8.78 Å². The van der Waals surface area contributed by atoms with Gasteiger partial charge in [-0.05, 0) is 5.56 Å². The van der Waals surface area contributed by atoms with Crippen molar-refractivity contribution in [2.24, 2.45) is 0 Å². The van der Waals surface area contributed by atoms with Gasteiger partial charge < -0.3 is 9.47 Å². The number of rotatable bonds is 5. The van der Waals surface area contributed by atoms with E-state index in [9.17, 15) is 13.6 Å². The summed E-state index contributed by atoms with van der Waals surface area (Å²) in [6.45, 7) is -0.201. The zero-order chi connectivity index (χ0) is 17.0. The predicted octanol–water partition coefficient (Wildman–Crippen LogP) is 3.85. The summed E-state index contributed by atoms with van der Waals surface area (Å²) in [5.74, 6) is -4.73. The van der Waals surface area contributed by atoms with Crippen LogP contribution in [0.15, 0.2) is 66.7 Å². The highest BCUT2D eigenvalue weighted by Gasteiger charge is 2.51. The zero-order valence-corrected chi connectivity index (χ0v) is 12.8. The van der Waals surface area contributed by atoms with Crippen molar-refractivity contribution in [2.45, 2.75) is 18.6 Å². The van der Waals surface area contributed by atoms with Crippen molar-refractivity contribution in [3.8, 4) is 0 Å². The third kappa shape index (κ3) is 3.51. The molecule has 3 nitrogen and oxygen atoms in total. The van der Waals surface area contributed by atoms with Crippen LogP contribution in [0.1, 0.15) is 11.1 Å². The molecule has 2 aromatic carbocycles. The molecule has 0 N–H and O–H groups in total. The molecule has 3 rings (SSSR count). The minimum absolute atomic E-state index is 0.139. The van der Waals surface area contributed by atoms with E-state index in [-0.39, 0.29) is 19.0 Å². The minimum Gasteiger partial charge on any atom is -0.480 e. The number of hydrogen-bond donors (Lipinski definition) is 0. The Morgan fingerprint density at radius 1 is 1.00 bits per heavy atom. The molecular weight excluding hydrogens is 314 g/mol. The van der Waals surface area contributed by atoms with E-state index >= 15 is 0 Å². The van der Waals surface area contributed by atoms with Crippen molar-refractivity contribution in [1.82, 2.24) is 0 Å². The lowest BCUT2D eigenvalue weighted by molar-refractivity contribution is -0.166. The van der Waals surface area contributed by atoms with Crippen LogP contribution in [0, 0.1) is 0 Å². The van der Waals surface area contributed by atoms with Crippen molar-refractivity contribution in [2.75, 3.05) is 6.61 Å². The number of carbonyl (C=O) groups excluding carboxylic acids is 1. The van der Waals surface area contributed by atoms with E-state index in [1.165, 1.54) is 0 Å². The van der Waals surface area contributed by atoms with Crippen molar-refractivity contribution in [1.29, 1.82) is 0 Å². The van der Waals surface area contributed by atoms with E-state index in [1.807, 2.05) is 30.3 Å². The largest absolute Gasteiger partial charge is 0.480 e. The fraction of sp³-hybridized carbons (Fsp3) is 0.211. The Bertz CT molecular complexity index is 727. The number of ketones is 1. The summed E-state index contributed by atoms with van der Waals surface area (Å²) in [6.07, 6.45) is -0.794. The molecule has 1 atom stereocenters. The topological polar surface area (TPSA) is 35.5 Å². The third-order valence-corrected chi connectivity index (χ3v) is 3.70. The minimum atomic E-state index is -3.60. The van der Waals surface area contributed by atoms with Crippen LogP contribution in [0.2, 0.25) is 0 Å². The Morgan fingerprint density at radius 3 is 2.29 bits per heavy atom. The van der Waals surface area contributed by atoms with Gasteiger partial charge in [0, 0.05) is 11.6 Å². The summed E-state index contributed by atoms with van der Waals surface area (Å²) in [4.78, 5) is 11.8. The first-order chi connectivity index (χ1) is 11.6. The predicted molar refractivity (Wildman–Crippen MR) is 85.3 cm³/mol. The molecule has 1 aliphatic heterocycles. The molecule has 124 valence electrons. The Morgan fingerprint density at radius 2 is 1.62 bits per heavy atom. The summed E-state index contributed by atoms with van der Waals surface area (Å²) < 4.78 is 38.9. The molecule has 1 unspecified atom stereocenters. The van der Waals surface area contributed by atoms with Gasteiger partial charge in [-0.1, -0.05) is 60.7 Å². The second kappa shape index (κ2) is 6.93. The van der Waals surface area contributed by atoms with Gasteiger partial charge in [0.15, 0.2) is 6.10 Å². The smallest absolute Gasteiger partial charge is 0.347 e. The number of halogens is 2. The van der Waals surface area contributed by atoms with Gasteiger partial charge >= 0.3 is 5.92 Å². The van der Waals surface area contributed by atoms with Crippen LogP contribution in [-0.2, 0) is 20.9 Å². The Hall–Kier alpha value is -2.53. The molecule has 0 aliphatic carbocycles. The maximum atomic E-state index is 14.1. The molecule has 24 heavy (non-hydrogen) atoms. The Kier molecular flexibility index (Phi) is 4.71. The molecule has 1 aliphatic rings. The van der Waals surface area contributed by atoms with Gasteiger partial charge in [0.1, 0.15) is 5.76 Å².